The Morgan fingerprint density at radius 3 is 2.28 bits per heavy atom. The van der Waals surface area contributed by atoms with Crippen molar-refractivity contribution in [3.8, 4) is 5.75 Å². The number of alkyl halides is 1. The van der Waals surface area contributed by atoms with Crippen molar-refractivity contribution >= 4 is 17.8 Å². The molecule has 8 heteroatoms. The first-order chi connectivity index (χ1) is 13.9. The zero-order valence-electron chi connectivity index (χ0n) is 15.9. The van der Waals surface area contributed by atoms with Gasteiger partial charge in [-0.25, -0.2) is 9.18 Å². The van der Waals surface area contributed by atoms with Crippen LogP contribution in [-0.4, -0.2) is 41.6 Å². The number of phenolic OH excluding ortho intramolecular Hbond substituents is 1. The van der Waals surface area contributed by atoms with Crippen molar-refractivity contribution in [1.82, 2.24) is 10.6 Å². The van der Waals surface area contributed by atoms with Crippen molar-refractivity contribution in [3.63, 3.8) is 0 Å². The maximum atomic E-state index is 12.5. The van der Waals surface area contributed by atoms with E-state index in [1.807, 2.05) is 6.07 Å². The Kier molecular flexibility index (Phi) is 8.14. The number of carbonyl (C=O) groups is 3. The van der Waals surface area contributed by atoms with Crippen LogP contribution < -0.4 is 10.6 Å². The maximum absolute atomic E-state index is 12.5. The van der Waals surface area contributed by atoms with Gasteiger partial charge >= 0.3 is 6.09 Å². The Bertz CT molecular complexity index is 827. The number of halogens is 1. The van der Waals surface area contributed by atoms with E-state index >= 15 is 0 Å². The molecule has 0 bridgehead atoms. The van der Waals surface area contributed by atoms with Gasteiger partial charge in [-0.05, 0) is 30.2 Å². The number of alkyl carbamates (subject to hydrolysis) is 1. The summed E-state index contributed by atoms with van der Waals surface area (Å²) in [5.41, 5.74) is 1.44. The van der Waals surface area contributed by atoms with E-state index in [1.54, 1.807) is 36.4 Å². The van der Waals surface area contributed by atoms with Crippen molar-refractivity contribution in [2.24, 2.45) is 0 Å². The van der Waals surface area contributed by atoms with Crippen LogP contribution in [0.1, 0.15) is 18.1 Å². The van der Waals surface area contributed by atoms with Crippen molar-refractivity contribution in [1.29, 1.82) is 0 Å². The van der Waals surface area contributed by atoms with Crippen LogP contribution in [0.15, 0.2) is 54.6 Å². The Morgan fingerprint density at radius 2 is 1.66 bits per heavy atom. The highest BCUT2D eigenvalue weighted by Gasteiger charge is 2.25. The van der Waals surface area contributed by atoms with Crippen molar-refractivity contribution in [2.45, 2.75) is 32.0 Å². The first-order valence-electron chi connectivity index (χ1n) is 9.03. The second kappa shape index (κ2) is 10.8. The van der Waals surface area contributed by atoms with Gasteiger partial charge in [0.15, 0.2) is 5.78 Å². The number of phenols is 1. The van der Waals surface area contributed by atoms with E-state index in [4.69, 9.17) is 4.74 Å². The Hall–Kier alpha value is -3.42. The Morgan fingerprint density at radius 1 is 1.00 bits per heavy atom. The first kappa shape index (κ1) is 21.9. The van der Waals surface area contributed by atoms with Crippen molar-refractivity contribution < 1.29 is 28.6 Å². The summed E-state index contributed by atoms with van der Waals surface area (Å²) in [5, 5.41) is 14.3. The Labute approximate surface area is 167 Å². The third-order valence-electron chi connectivity index (χ3n) is 4.17. The molecule has 3 N–H and O–H groups in total. The molecule has 2 aromatic rings. The van der Waals surface area contributed by atoms with E-state index in [0.717, 1.165) is 5.56 Å². The Balaban J connectivity index is 2.04. The molecule has 0 aliphatic carbocycles. The summed E-state index contributed by atoms with van der Waals surface area (Å²) in [4.78, 5) is 36.1. The molecule has 0 fully saturated rings. The lowest BCUT2D eigenvalue weighted by Crippen LogP contribution is -2.52. The number of rotatable bonds is 9. The largest absolute Gasteiger partial charge is 0.508 e. The van der Waals surface area contributed by atoms with Crippen molar-refractivity contribution in [2.75, 3.05) is 6.67 Å². The molecule has 0 aliphatic heterocycles. The lowest BCUT2D eigenvalue weighted by atomic mass is 10.0. The summed E-state index contributed by atoms with van der Waals surface area (Å²) in [6.45, 7) is 0.193. The molecule has 0 saturated carbocycles. The highest BCUT2D eigenvalue weighted by atomic mass is 19.1. The minimum atomic E-state index is -1.20. The predicted octanol–water partition coefficient (Wildman–Crippen LogP) is 2.27. The molecule has 2 atom stereocenters. The quantitative estimate of drug-likeness (QED) is 0.597. The number of ketones is 1. The highest BCUT2D eigenvalue weighted by Crippen LogP contribution is 2.12. The maximum Gasteiger partial charge on any atom is 0.408 e. The smallest absolute Gasteiger partial charge is 0.408 e. The highest BCUT2D eigenvalue weighted by molar-refractivity contribution is 5.92. The van der Waals surface area contributed by atoms with Crippen LogP contribution in [0, 0.1) is 0 Å². The number of carbonyl (C=O) groups excluding carboxylic acids is 3. The van der Waals surface area contributed by atoms with Gasteiger partial charge in [0.05, 0.1) is 6.04 Å². The molecule has 0 aromatic heterocycles. The second-order valence-corrected chi connectivity index (χ2v) is 6.46. The lowest BCUT2D eigenvalue weighted by Gasteiger charge is -2.20. The van der Waals surface area contributed by atoms with E-state index < -0.39 is 36.5 Å². The molecule has 29 heavy (non-hydrogen) atoms. The van der Waals surface area contributed by atoms with Gasteiger partial charge in [0.2, 0.25) is 5.91 Å². The number of benzene rings is 2. The molecule has 7 nitrogen and oxygen atoms in total. The summed E-state index contributed by atoms with van der Waals surface area (Å²) in [6.07, 6.45) is -0.722. The lowest BCUT2D eigenvalue weighted by molar-refractivity contribution is -0.128. The monoisotopic (exact) mass is 402 g/mol. The van der Waals surface area contributed by atoms with Gasteiger partial charge < -0.3 is 20.5 Å². The molecule has 2 amide bonds. The van der Waals surface area contributed by atoms with E-state index in [9.17, 15) is 23.9 Å². The van der Waals surface area contributed by atoms with Gasteiger partial charge in [0.25, 0.3) is 0 Å². The second-order valence-electron chi connectivity index (χ2n) is 6.46. The standard InChI is InChI=1S/C21H23FN2O5/c1-14(19(26)12-22)23-20(27)18(11-15-7-9-17(25)10-8-15)24-21(28)29-13-16-5-3-2-4-6-16/h2-10,14,18,25H,11-13H2,1H3,(H,23,27)(H,24,28)/t14-,18-/m0/s1. The molecule has 0 radical (unpaired) electrons. The third kappa shape index (κ3) is 7.25. The molecule has 0 heterocycles. The average Bonchev–Trinajstić information content (AvgIpc) is 2.73. The van der Waals surface area contributed by atoms with Gasteiger partial charge in [0, 0.05) is 6.42 Å². The number of aromatic hydroxyl groups is 1. The van der Waals surface area contributed by atoms with Gasteiger partial charge in [-0.15, -0.1) is 0 Å². The predicted molar refractivity (Wildman–Crippen MR) is 104 cm³/mol. The van der Waals surface area contributed by atoms with Crippen LogP contribution in [0.5, 0.6) is 5.75 Å². The molecular weight excluding hydrogens is 379 g/mol. The van der Waals surface area contributed by atoms with E-state index in [2.05, 4.69) is 10.6 Å². The molecule has 0 saturated heterocycles. The molecule has 2 rings (SSSR count). The normalized spacial score (nSPS) is 12.5. The van der Waals surface area contributed by atoms with E-state index in [1.165, 1.54) is 19.1 Å². The van der Waals surface area contributed by atoms with Gasteiger partial charge in [0.1, 0.15) is 25.1 Å². The zero-order valence-corrected chi connectivity index (χ0v) is 15.9. The fraction of sp³-hybridized carbons (Fsp3) is 0.286. The summed E-state index contributed by atoms with van der Waals surface area (Å²) >= 11 is 0. The average molecular weight is 402 g/mol. The number of Topliss-reactive ketones (excluding diaryl/α,β-unsaturated/α-hetero) is 1. The minimum Gasteiger partial charge on any atom is -0.508 e. The summed E-state index contributed by atoms with van der Waals surface area (Å²) in [7, 11) is 0. The van der Waals surface area contributed by atoms with Gasteiger partial charge in [-0.3, -0.25) is 9.59 Å². The van der Waals surface area contributed by atoms with E-state index in [0.29, 0.717) is 5.56 Å². The van der Waals surface area contributed by atoms with Gasteiger partial charge in [-0.1, -0.05) is 42.5 Å². The van der Waals surface area contributed by atoms with E-state index in [-0.39, 0.29) is 18.8 Å². The SMILES string of the molecule is C[C@H](NC(=O)[C@H](Cc1ccc(O)cc1)NC(=O)OCc1ccccc1)C(=O)CF. The fourth-order valence-corrected chi connectivity index (χ4v) is 2.49. The number of hydrogen-bond donors (Lipinski definition) is 3. The molecule has 0 spiro atoms. The number of ether oxygens (including phenoxy) is 1. The number of hydrogen-bond acceptors (Lipinski definition) is 5. The molecule has 2 aromatic carbocycles. The third-order valence-corrected chi connectivity index (χ3v) is 4.17. The topological polar surface area (TPSA) is 105 Å². The van der Waals surface area contributed by atoms with Gasteiger partial charge in [-0.2, -0.15) is 0 Å². The van der Waals surface area contributed by atoms with Crippen LogP contribution in [0.3, 0.4) is 0 Å². The minimum absolute atomic E-state index is 0.0248. The van der Waals surface area contributed by atoms with Crippen molar-refractivity contribution in [3.05, 3.63) is 65.7 Å². The summed E-state index contributed by atoms with van der Waals surface area (Å²) in [6, 6.07) is 13.0. The zero-order chi connectivity index (χ0) is 21.2. The number of nitrogens with one attached hydrogen (secondary N) is 2. The van der Waals surface area contributed by atoms with Crippen LogP contribution in [-0.2, 0) is 27.4 Å². The fourth-order valence-electron chi connectivity index (χ4n) is 2.49. The summed E-state index contributed by atoms with van der Waals surface area (Å²) in [5.74, 6) is -1.36. The van der Waals surface area contributed by atoms with Crippen LogP contribution in [0.2, 0.25) is 0 Å². The van der Waals surface area contributed by atoms with Crippen LogP contribution in [0.25, 0.3) is 0 Å². The summed E-state index contributed by atoms with van der Waals surface area (Å²) < 4.78 is 17.7. The molecule has 0 unspecified atom stereocenters. The molecule has 154 valence electrons. The van der Waals surface area contributed by atoms with Crippen LogP contribution >= 0.6 is 0 Å². The van der Waals surface area contributed by atoms with Crippen LogP contribution in [0.4, 0.5) is 9.18 Å². The molecule has 0 aliphatic rings. The number of amides is 2. The first-order valence-corrected chi connectivity index (χ1v) is 9.03. The molecular formula is C21H23FN2O5.